The molecule has 3 rings (SSSR count). The first kappa shape index (κ1) is 24.5. The number of aliphatic hydroxyl groups is 2. The number of aliphatic hydroxyl groups excluding tert-OH is 2. The van der Waals surface area contributed by atoms with E-state index in [4.69, 9.17) is 14.6 Å². The van der Waals surface area contributed by atoms with E-state index in [1.54, 1.807) is 6.92 Å². The van der Waals surface area contributed by atoms with Gasteiger partial charge in [-0.2, -0.15) is 0 Å². The van der Waals surface area contributed by atoms with Gasteiger partial charge in [0, 0.05) is 6.42 Å². The Balaban J connectivity index is 1.59. The molecule has 6 atom stereocenters. The van der Waals surface area contributed by atoms with Gasteiger partial charge in [0.2, 0.25) is 0 Å². The molecule has 0 bridgehead atoms. The van der Waals surface area contributed by atoms with E-state index in [2.05, 4.69) is 6.07 Å². The summed E-state index contributed by atoms with van der Waals surface area (Å²) in [5.41, 5.74) is 2.30. The highest BCUT2D eigenvalue weighted by molar-refractivity contribution is 5.71. The van der Waals surface area contributed by atoms with E-state index in [-0.39, 0.29) is 37.6 Å². The summed E-state index contributed by atoms with van der Waals surface area (Å²) < 4.78 is 11.0. The average molecular weight is 449 g/mol. The zero-order valence-corrected chi connectivity index (χ0v) is 19.0. The molecule has 7 heteroatoms. The van der Waals surface area contributed by atoms with Crippen LogP contribution in [0.4, 0.5) is 0 Å². The molecule has 0 heterocycles. The van der Waals surface area contributed by atoms with Gasteiger partial charge >= 0.3 is 11.9 Å². The summed E-state index contributed by atoms with van der Waals surface area (Å²) in [6, 6.07) is 5.88. The van der Waals surface area contributed by atoms with Crippen LogP contribution in [0.1, 0.15) is 63.5 Å². The maximum absolute atomic E-state index is 12.1. The lowest BCUT2D eigenvalue weighted by Crippen LogP contribution is -2.28. The molecule has 1 unspecified atom stereocenters. The van der Waals surface area contributed by atoms with Crippen molar-refractivity contribution in [2.24, 2.45) is 17.8 Å². The standard InChI is InChI=1S/C25H36O7/c1-3-18(26)8-9-19-20-11-16-5-4-6-23(21(16)12-17(20)13-22(19)27)31-14-25(30)32-15(2)7-10-24(28)29/h4-6,15,17-20,22,26-27H,3,7-14H2,1-2H3,(H,28,29)/t15?,17-,18-,19+,20-,22+/m0/s1. The maximum atomic E-state index is 12.1. The number of ether oxygens (including phenoxy) is 2. The second kappa shape index (κ2) is 11.1. The molecule has 1 aromatic rings. The van der Waals surface area contributed by atoms with Crippen LogP contribution in [-0.4, -0.2) is 52.2 Å². The Morgan fingerprint density at radius 1 is 1.22 bits per heavy atom. The molecule has 32 heavy (non-hydrogen) atoms. The van der Waals surface area contributed by atoms with Gasteiger partial charge in [0.05, 0.1) is 18.3 Å². The first-order chi connectivity index (χ1) is 15.3. The monoisotopic (exact) mass is 448 g/mol. The highest BCUT2D eigenvalue weighted by atomic mass is 16.6. The summed E-state index contributed by atoms with van der Waals surface area (Å²) in [5.74, 6) is 0.224. The number of hydrogen-bond donors (Lipinski definition) is 3. The van der Waals surface area contributed by atoms with Crippen molar-refractivity contribution in [3.05, 3.63) is 29.3 Å². The van der Waals surface area contributed by atoms with Crippen LogP contribution >= 0.6 is 0 Å². The predicted octanol–water partition coefficient (Wildman–Crippen LogP) is 3.12. The van der Waals surface area contributed by atoms with Crippen LogP contribution in [0.2, 0.25) is 0 Å². The van der Waals surface area contributed by atoms with Crippen LogP contribution in [0.25, 0.3) is 0 Å². The highest BCUT2D eigenvalue weighted by Crippen LogP contribution is 2.48. The second-order valence-corrected chi connectivity index (χ2v) is 9.35. The molecule has 178 valence electrons. The Kier molecular flexibility index (Phi) is 8.54. The molecule has 0 spiro atoms. The quantitative estimate of drug-likeness (QED) is 0.446. The van der Waals surface area contributed by atoms with E-state index in [1.807, 2.05) is 19.1 Å². The zero-order valence-electron chi connectivity index (χ0n) is 19.0. The maximum Gasteiger partial charge on any atom is 0.344 e. The Morgan fingerprint density at radius 3 is 2.72 bits per heavy atom. The van der Waals surface area contributed by atoms with Crippen LogP contribution in [0.5, 0.6) is 5.75 Å². The first-order valence-electron chi connectivity index (χ1n) is 11.8. The largest absolute Gasteiger partial charge is 0.482 e. The summed E-state index contributed by atoms with van der Waals surface area (Å²) in [6.45, 7) is 3.43. The predicted molar refractivity (Wildman–Crippen MR) is 118 cm³/mol. The van der Waals surface area contributed by atoms with Gasteiger partial charge < -0.3 is 24.8 Å². The van der Waals surface area contributed by atoms with Crippen LogP contribution in [-0.2, 0) is 27.2 Å². The number of benzene rings is 1. The van der Waals surface area contributed by atoms with Crippen molar-refractivity contribution in [1.82, 2.24) is 0 Å². The van der Waals surface area contributed by atoms with E-state index in [0.29, 0.717) is 17.6 Å². The van der Waals surface area contributed by atoms with E-state index in [0.717, 1.165) is 44.1 Å². The topological polar surface area (TPSA) is 113 Å². The Morgan fingerprint density at radius 2 is 2.00 bits per heavy atom. The van der Waals surface area contributed by atoms with Gasteiger partial charge in [-0.05, 0) is 86.8 Å². The average Bonchev–Trinajstić information content (AvgIpc) is 3.06. The number of esters is 1. The molecule has 3 N–H and O–H groups in total. The first-order valence-corrected chi connectivity index (χ1v) is 11.8. The van der Waals surface area contributed by atoms with Gasteiger partial charge in [0.1, 0.15) is 5.75 Å². The summed E-state index contributed by atoms with van der Waals surface area (Å²) >= 11 is 0. The molecular formula is C25H36O7. The Labute approximate surface area is 189 Å². The van der Waals surface area contributed by atoms with Crippen LogP contribution in [0.15, 0.2) is 18.2 Å². The molecule has 1 saturated carbocycles. The number of rotatable bonds is 11. The van der Waals surface area contributed by atoms with E-state index in [9.17, 15) is 19.8 Å². The summed E-state index contributed by atoms with van der Waals surface area (Å²) in [4.78, 5) is 22.8. The fraction of sp³-hybridized carbons (Fsp3) is 0.680. The number of carbonyl (C=O) groups is 2. The van der Waals surface area contributed by atoms with Crippen molar-refractivity contribution in [1.29, 1.82) is 0 Å². The zero-order chi connectivity index (χ0) is 23.3. The molecular weight excluding hydrogens is 412 g/mol. The third-order valence-electron chi connectivity index (χ3n) is 7.09. The molecule has 2 aliphatic carbocycles. The molecule has 2 aliphatic rings. The van der Waals surface area contributed by atoms with Gasteiger partial charge in [-0.1, -0.05) is 19.1 Å². The molecule has 0 aliphatic heterocycles. The van der Waals surface area contributed by atoms with E-state index >= 15 is 0 Å². The van der Waals surface area contributed by atoms with E-state index in [1.165, 1.54) is 5.56 Å². The third kappa shape index (κ3) is 6.23. The second-order valence-electron chi connectivity index (χ2n) is 9.35. The lowest BCUT2D eigenvalue weighted by molar-refractivity contribution is -0.152. The number of carboxylic acid groups (broad SMARTS) is 1. The molecule has 1 fully saturated rings. The van der Waals surface area contributed by atoms with Crippen molar-refractivity contribution in [3.63, 3.8) is 0 Å². The molecule has 0 radical (unpaired) electrons. The van der Waals surface area contributed by atoms with Crippen LogP contribution in [0, 0.1) is 17.8 Å². The summed E-state index contributed by atoms with van der Waals surface area (Å²) in [6.07, 6.45) is 3.85. The lowest BCUT2D eigenvalue weighted by Gasteiger charge is -2.32. The van der Waals surface area contributed by atoms with Crippen LogP contribution < -0.4 is 4.74 Å². The van der Waals surface area contributed by atoms with Gasteiger partial charge in [-0.25, -0.2) is 4.79 Å². The fourth-order valence-corrected chi connectivity index (χ4v) is 5.31. The van der Waals surface area contributed by atoms with Crippen molar-refractivity contribution < 1.29 is 34.4 Å². The number of aliphatic carboxylic acids is 1. The molecule has 0 aromatic heterocycles. The van der Waals surface area contributed by atoms with Crippen molar-refractivity contribution in [2.75, 3.05) is 6.61 Å². The highest BCUT2D eigenvalue weighted by Gasteiger charge is 2.44. The van der Waals surface area contributed by atoms with Crippen molar-refractivity contribution >= 4 is 11.9 Å². The minimum absolute atomic E-state index is 0.0473. The van der Waals surface area contributed by atoms with Crippen molar-refractivity contribution in [2.45, 2.75) is 83.5 Å². The molecule has 1 aromatic carbocycles. The number of carbonyl (C=O) groups excluding carboxylic acids is 1. The number of hydrogen-bond acceptors (Lipinski definition) is 6. The smallest absolute Gasteiger partial charge is 0.344 e. The minimum atomic E-state index is -0.917. The number of carboxylic acids is 1. The van der Waals surface area contributed by atoms with Crippen molar-refractivity contribution in [3.8, 4) is 5.75 Å². The third-order valence-corrected chi connectivity index (χ3v) is 7.09. The molecule has 0 amide bonds. The normalized spacial score (nSPS) is 26.0. The fourth-order valence-electron chi connectivity index (χ4n) is 5.31. The van der Waals surface area contributed by atoms with Gasteiger partial charge in [-0.3, -0.25) is 4.79 Å². The summed E-state index contributed by atoms with van der Waals surface area (Å²) in [5, 5.41) is 29.4. The molecule has 7 nitrogen and oxygen atoms in total. The summed E-state index contributed by atoms with van der Waals surface area (Å²) in [7, 11) is 0. The lowest BCUT2D eigenvalue weighted by atomic mass is 9.73. The van der Waals surface area contributed by atoms with E-state index < -0.39 is 18.0 Å². The van der Waals surface area contributed by atoms with Gasteiger partial charge in [0.25, 0.3) is 0 Å². The minimum Gasteiger partial charge on any atom is -0.482 e. The SMILES string of the molecule is CC[C@H](O)CC[C@@H]1[C@H]2Cc3cccc(OCC(=O)OC(C)CCC(=O)O)c3C[C@H]2C[C@H]1O. The molecule has 0 saturated heterocycles. The Bertz CT molecular complexity index is 792. The van der Waals surface area contributed by atoms with Crippen LogP contribution in [0.3, 0.4) is 0 Å². The van der Waals surface area contributed by atoms with Gasteiger partial charge in [-0.15, -0.1) is 0 Å². The number of fused-ring (bicyclic) bond motifs is 2. The van der Waals surface area contributed by atoms with Gasteiger partial charge in [0.15, 0.2) is 6.61 Å². The Hall–Kier alpha value is -2.12.